The van der Waals surface area contributed by atoms with Gasteiger partial charge in [0.05, 0.1) is 0 Å². The average Bonchev–Trinajstić information content (AvgIpc) is 1.97. The molecule has 1 heterocycles. The molecule has 0 aliphatic rings. The molecule has 78 valence electrons. The molecule has 2 nitrogen and oxygen atoms in total. The first-order valence-electron chi connectivity index (χ1n) is 4.09. The highest BCUT2D eigenvalue weighted by molar-refractivity contribution is 5.38. The lowest BCUT2D eigenvalue weighted by Gasteiger charge is -2.21. The second-order valence-corrected chi connectivity index (χ2v) is 3.97. The third kappa shape index (κ3) is 2.61. The second-order valence-electron chi connectivity index (χ2n) is 3.97. The van der Waals surface area contributed by atoms with E-state index in [4.69, 9.17) is 0 Å². The van der Waals surface area contributed by atoms with Gasteiger partial charge in [-0.15, -0.1) is 0 Å². The van der Waals surface area contributed by atoms with E-state index >= 15 is 0 Å². The second kappa shape index (κ2) is 3.48. The summed E-state index contributed by atoms with van der Waals surface area (Å²) in [5.74, 6) is -3.78. The fourth-order valence-corrected chi connectivity index (χ4v) is 0.887. The Morgan fingerprint density at radius 3 is 2.21 bits per heavy atom. The Kier molecular flexibility index (Phi) is 2.69. The molecule has 1 rings (SSSR count). The minimum atomic E-state index is -1.31. The fourth-order valence-electron chi connectivity index (χ4n) is 0.887. The van der Waals surface area contributed by atoms with Crippen molar-refractivity contribution in [3.8, 4) is 0 Å². The number of anilines is 1. The molecule has 0 unspecified atom stereocenters. The third-order valence-electron chi connectivity index (χ3n) is 1.38. The molecule has 1 aromatic heterocycles. The Labute approximate surface area is 80.2 Å². The summed E-state index contributed by atoms with van der Waals surface area (Å²) in [4.78, 5) is 3.13. The maximum atomic E-state index is 13.0. The van der Waals surface area contributed by atoms with Crippen LogP contribution in [0.1, 0.15) is 20.8 Å². The highest BCUT2D eigenvalue weighted by atomic mass is 19.2. The molecule has 0 aromatic carbocycles. The van der Waals surface area contributed by atoms with E-state index < -0.39 is 23.1 Å². The lowest BCUT2D eigenvalue weighted by molar-refractivity contribution is 0.463. The van der Waals surface area contributed by atoms with E-state index in [0.717, 1.165) is 0 Å². The normalized spacial score (nSPS) is 11.6. The van der Waals surface area contributed by atoms with Gasteiger partial charge in [-0.2, -0.15) is 9.37 Å². The number of aromatic nitrogens is 1. The van der Waals surface area contributed by atoms with Crippen molar-refractivity contribution in [3.63, 3.8) is 0 Å². The maximum absolute atomic E-state index is 13.0. The van der Waals surface area contributed by atoms with Crippen molar-refractivity contribution in [2.24, 2.45) is 0 Å². The Morgan fingerprint density at radius 2 is 1.71 bits per heavy atom. The highest BCUT2D eigenvalue weighted by Gasteiger charge is 2.16. The summed E-state index contributed by atoms with van der Waals surface area (Å²) in [7, 11) is 0. The van der Waals surface area contributed by atoms with Crippen molar-refractivity contribution in [2.45, 2.75) is 26.3 Å². The fraction of sp³-hybridized carbons (Fsp3) is 0.444. The molecular formula is C9H11F3N2. The zero-order valence-electron chi connectivity index (χ0n) is 8.16. The van der Waals surface area contributed by atoms with E-state index in [-0.39, 0.29) is 5.82 Å². The maximum Gasteiger partial charge on any atom is 0.251 e. The average molecular weight is 204 g/mol. The van der Waals surface area contributed by atoms with Crippen LogP contribution in [-0.4, -0.2) is 10.5 Å². The van der Waals surface area contributed by atoms with Crippen molar-refractivity contribution >= 4 is 5.82 Å². The van der Waals surface area contributed by atoms with Gasteiger partial charge in [-0.3, -0.25) is 0 Å². The summed E-state index contributed by atoms with van der Waals surface area (Å²) in [5.41, 5.74) is -0.460. The Bertz CT molecular complexity index is 345. The van der Waals surface area contributed by atoms with Gasteiger partial charge >= 0.3 is 0 Å². The first kappa shape index (κ1) is 10.8. The van der Waals surface area contributed by atoms with Gasteiger partial charge in [0, 0.05) is 11.6 Å². The molecule has 14 heavy (non-hydrogen) atoms. The van der Waals surface area contributed by atoms with Gasteiger partial charge in [0.2, 0.25) is 0 Å². The SMILES string of the molecule is CC(C)(C)Nc1nc(F)c(F)cc1F. The number of halogens is 3. The predicted molar refractivity (Wildman–Crippen MR) is 47.5 cm³/mol. The Hall–Kier alpha value is -1.26. The zero-order chi connectivity index (χ0) is 10.9. The highest BCUT2D eigenvalue weighted by Crippen LogP contribution is 2.18. The van der Waals surface area contributed by atoms with Crippen LogP contribution in [0.2, 0.25) is 0 Å². The summed E-state index contributed by atoms with van der Waals surface area (Å²) in [6.07, 6.45) is 0. The van der Waals surface area contributed by atoms with Gasteiger partial charge in [0.25, 0.3) is 5.95 Å². The molecule has 5 heteroatoms. The summed E-state index contributed by atoms with van der Waals surface area (Å²) >= 11 is 0. The lowest BCUT2D eigenvalue weighted by atomic mass is 10.1. The predicted octanol–water partition coefficient (Wildman–Crippen LogP) is 2.71. The van der Waals surface area contributed by atoms with E-state index in [1.807, 2.05) is 0 Å². The van der Waals surface area contributed by atoms with Crippen LogP contribution in [0.3, 0.4) is 0 Å². The Morgan fingerprint density at radius 1 is 1.14 bits per heavy atom. The molecule has 0 amide bonds. The monoisotopic (exact) mass is 204 g/mol. The van der Waals surface area contributed by atoms with Crippen LogP contribution in [0, 0.1) is 17.6 Å². The molecule has 0 bridgehead atoms. The number of pyridine rings is 1. The molecule has 0 radical (unpaired) electrons. The first-order chi connectivity index (χ1) is 6.29. The Balaban J connectivity index is 3.04. The molecule has 0 spiro atoms. The van der Waals surface area contributed by atoms with Crippen molar-refractivity contribution < 1.29 is 13.2 Å². The number of hydrogen-bond acceptors (Lipinski definition) is 2. The number of hydrogen-bond donors (Lipinski definition) is 1. The molecule has 0 saturated heterocycles. The summed E-state index contributed by atoms with van der Waals surface area (Å²) in [6.45, 7) is 5.28. The van der Waals surface area contributed by atoms with E-state index in [0.29, 0.717) is 6.07 Å². The topological polar surface area (TPSA) is 24.9 Å². The molecule has 0 aliphatic carbocycles. The van der Waals surface area contributed by atoms with Gasteiger partial charge in [-0.1, -0.05) is 0 Å². The lowest BCUT2D eigenvalue weighted by Crippen LogP contribution is -2.27. The summed E-state index contributed by atoms with van der Waals surface area (Å²) in [6, 6.07) is 0.469. The van der Waals surface area contributed by atoms with Gasteiger partial charge in [-0.05, 0) is 20.8 Å². The summed E-state index contributed by atoms with van der Waals surface area (Å²) in [5, 5.41) is 2.62. The zero-order valence-corrected chi connectivity index (χ0v) is 8.16. The minimum absolute atomic E-state index is 0.281. The molecule has 1 aromatic rings. The van der Waals surface area contributed by atoms with Crippen LogP contribution < -0.4 is 5.32 Å². The molecule has 0 saturated carbocycles. The van der Waals surface area contributed by atoms with Crippen molar-refractivity contribution in [2.75, 3.05) is 5.32 Å². The van der Waals surface area contributed by atoms with E-state index in [1.54, 1.807) is 20.8 Å². The van der Waals surface area contributed by atoms with Gasteiger partial charge in [0.1, 0.15) is 0 Å². The van der Waals surface area contributed by atoms with Gasteiger partial charge in [-0.25, -0.2) is 8.78 Å². The van der Waals surface area contributed by atoms with Crippen molar-refractivity contribution in [3.05, 3.63) is 23.6 Å². The van der Waals surface area contributed by atoms with E-state index in [2.05, 4.69) is 10.3 Å². The van der Waals surface area contributed by atoms with Gasteiger partial charge in [0.15, 0.2) is 17.5 Å². The standard InChI is InChI=1S/C9H11F3N2/c1-9(2,3)14-8-6(11)4-5(10)7(12)13-8/h4H,1-3H3,(H,13,14). The third-order valence-corrected chi connectivity index (χ3v) is 1.38. The molecule has 1 N–H and O–H groups in total. The molecule has 0 fully saturated rings. The molecule has 0 atom stereocenters. The smallest absolute Gasteiger partial charge is 0.251 e. The van der Waals surface area contributed by atoms with E-state index in [1.165, 1.54) is 0 Å². The minimum Gasteiger partial charge on any atom is -0.363 e. The van der Waals surface area contributed by atoms with Crippen LogP contribution in [0.15, 0.2) is 6.07 Å². The molecular weight excluding hydrogens is 193 g/mol. The van der Waals surface area contributed by atoms with Gasteiger partial charge < -0.3 is 5.32 Å². The summed E-state index contributed by atoms with van der Waals surface area (Å²) < 4.78 is 38.2. The van der Waals surface area contributed by atoms with Crippen LogP contribution >= 0.6 is 0 Å². The van der Waals surface area contributed by atoms with Crippen LogP contribution in [-0.2, 0) is 0 Å². The largest absolute Gasteiger partial charge is 0.363 e. The number of rotatable bonds is 1. The first-order valence-corrected chi connectivity index (χ1v) is 4.09. The van der Waals surface area contributed by atoms with Crippen molar-refractivity contribution in [1.82, 2.24) is 4.98 Å². The van der Waals surface area contributed by atoms with Crippen LogP contribution in [0.25, 0.3) is 0 Å². The van der Waals surface area contributed by atoms with Crippen molar-refractivity contribution in [1.29, 1.82) is 0 Å². The van der Waals surface area contributed by atoms with E-state index in [9.17, 15) is 13.2 Å². The van der Waals surface area contributed by atoms with Crippen LogP contribution in [0.5, 0.6) is 0 Å². The quantitative estimate of drug-likeness (QED) is 0.711. The number of nitrogens with one attached hydrogen (secondary N) is 1. The van der Waals surface area contributed by atoms with Crippen LogP contribution in [0.4, 0.5) is 19.0 Å². The number of nitrogens with zero attached hydrogens (tertiary/aromatic N) is 1. The molecule has 0 aliphatic heterocycles.